The van der Waals surface area contributed by atoms with Crippen LogP contribution in [0.2, 0.25) is 0 Å². The summed E-state index contributed by atoms with van der Waals surface area (Å²) in [7, 11) is 5.49. The van der Waals surface area contributed by atoms with Crippen molar-refractivity contribution in [3.63, 3.8) is 0 Å². The monoisotopic (exact) mass is 328 g/mol. The zero-order chi connectivity index (χ0) is 13.8. The van der Waals surface area contributed by atoms with Crippen molar-refractivity contribution in [1.82, 2.24) is 10.2 Å². The fourth-order valence-corrected chi connectivity index (χ4v) is 2.88. The molecule has 1 aliphatic heterocycles. The second-order valence-electron chi connectivity index (χ2n) is 4.86. The van der Waals surface area contributed by atoms with E-state index in [0.717, 1.165) is 35.6 Å². The lowest BCUT2D eigenvalue weighted by Crippen LogP contribution is -2.32. The number of benzene rings is 1. The molecule has 0 aliphatic carbocycles. The summed E-state index contributed by atoms with van der Waals surface area (Å²) in [6, 6.07) is 4.62. The lowest BCUT2D eigenvalue weighted by molar-refractivity contribution is 0.248. The Morgan fingerprint density at radius 2 is 2.00 bits per heavy atom. The van der Waals surface area contributed by atoms with Crippen molar-refractivity contribution in [1.29, 1.82) is 0 Å². The lowest BCUT2D eigenvalue weighted by Gasteiger charge is -2.24. The minimum atomic E-state index is 0.611. The molecule has 1 atom stereocenters. The number of hydrogen-bond acceptors (Lipinski definition) is 4. The average molecular weight is 329 g/mol. The third-order valence-corrected chi connectivity index (χ3v) is 4.37. The molecule has 4 nitrogen and oxygen atoms in total. The van der Waals surface area contributed by atoms with Gasteiger partial charge < -0.3 is 14.8 Å². The molecule has 0 aromatic heterocycles. The number of ether oxygens (including phenoxy) is 2. The van der Waals surface area contributed by atoms with E-state index in [1.54, 1.807) is 14.2 Å². The summed E-state index contributed by atoms with van der Waals surface area (Å²) in [4.78, 5) is 2.38. The molecular formula is C14H21BrN2O2. The number of nitrogens with one attached hydrogen (secondary N) is 1. The Morgan fingerprint density at radius 1 is 1.32 bits per heavy atom. The summed E-state index contributed by atoms with van der Waals surface area (Å²) in [6.07, 6.45) is 1.21. The molecule has 1 aromatic carbocycles. The van der Waals surface area contributed by atoms with Gasteiger partial charge in [-0.2, -0.15) is 0 Å². The molecule has 106 valence electrons. The van der Waals surface area contributed by atoms with Crippen molar-refractivity contribution in [2.24, 2.45) is 0 Å². The molecule has 0 bridgehead atoms. The Kier molecular flexibility index (Phi) is 5.07. The molecule has 2 rings (SSSR count). The highest BCUT2D eigenvalue weighted by Crippen LogP contribution is 2.34. The number of nitrogens with zero attached hydrogens (tertiary/aromatic N) is 1. The maximum atomic E-state index is 5.36. The van der Waals surface area contributed by atoms with Crippen LogP contribution >= 0.6 is 15.9 Å². The van der Waals surface area contributed by atoms with Gasteiger partial charge in [0.15, 0.2) is 11.5 Å². The fraction of sp³-hybridized carbons (Fsp3) is 0.571. The van der Waals surface area contributed by atoms with E-state index in [1.165, 1.54) is 12.0 Å². The first-order valence-corrected chi connectivity index (χ1v) is 7.26. The third-order valence-electron chi connectivity index (χ3n) is 3.63. The van der Waals surface area contributed by atoms with Crippen molar-refractivity contribution in [2.75, 3.05) is 34.4 Å². The summed E-state index contributed by atoms with van der Waals surface area (Å²) >= 11 is 3.61. The SMILES string of the molecule is COc1cc(Br)c(CN(C)C2CCNC2)cc1OC. The molecule has 1 aliphatic rings. The van der Waals surface area contributed by atoms with Gasteiger partial charge in [-0.15, -0.1) is 0 Å². The minimum absolute atomic E-state index is 0.611. The standard InChI is InChI=1S/C14H21BrN2O2/c1-17(11-4-5-16-8-11)9-10-6-13(18-2)14(19-3)7-12(10)15/h6-7,11,16H,4-5,8-9H2,1-3H3. The molecule has 1 N–H and O–H groups in total. The lowest BCUT2D eigenvalue weighted by atomic mass is 10.1. The first kappa shape index (κ1) is 14.6. The van der Waals surface area contributed by atoms with Crippen LogP contribution in [0.25, 0.3) is 0 Å². The van der Waals surface area contributed by atoms with E-state index < -0.39 is 0 Å². The summed E-state index contributed by atoms with van der Waals surface area (Å²) in [5.41, 5.74) is 1.21. The molecule has 1 aromatic rings. The highest BCUT2D eigenvalue weighted by molar-refractivity contribution is 9.10. The topological polar surface area (TPSA) is 33.7 Å². The zero-order valence-electron chi connectivity index (χ0n) is 11.7. The van der Waals surface area contributed by atoms with Gasteiger partial charge in [-0.25, -0.2) is 0 Å². The van der Waals surface area contributed by atoms with Crippen LogP contribution in [-0.2, 0) is 6.54 Å². The Balaban J connectivity index is 2.14. The Bertz CT molecular complexity index is 434. The molecule has 0 saturated carbocycles. The van der Waals surface area contributed by atoms with E-state index in [9.17, 15) is 0 Å². The van der Waals surface area contributed by atoms with Gasteiger partial charge in [0.2, 0.25) is 0 Å². The van der Waals surface area contributed by atoms with Gasteiger partial charge in [-0.3, -0.25) is 4.90 Å². The van der Waals surface area contributed by atoms with E-state index in [2.05, 4.69) is 33.2 Å². The van der Waals surface area contributed by atoms with E-state index in [-0.39, 0.29) is 0 Å². The molecule has 0 spiro atoms. The summed E-state index contributed by atoms with van der Waals surface area (Å²) < 4.78 is 11.7. The highest BCUT2D eigenvalue weighted by atomic mass is 79.9. The Hall–Kier alpha value is -0.780. The summed E-state index contributed by atoms with van der Waals surface area (Å²) in [6.45, 7) is 3.08. The molecule has 0 amide bonds. The van der Waals surface area contributed by atoms with Gasteiger partial charge in [0.25, 0.3) is 0 Å². The number of halogens is 1. The van der Waals surface area contributed by atoms with Gasteiger partial charge in [-0.1, -0.05) is 15.9 Å². The van der Waals surface area contributed by atoms with Crippen LogP contribution in [0.1, 0.15) is 12.0 Å². The predicted octanol–water partition coefficient (Wildman–Crippen LogP) is 2.26. The third kappa shape index (κ3) is 3.41. The van der Waals surface area contributed by atoms with E-state index >= 15 is 0 Å². The predicted molar refractivity (Wildman–Crippen MR) is 80.0 cm³/mol. The van der Waals surface area contributed by atoms with Crippen LogP contribution in [-0.4, -0.2) is 45.3 Å². The second kappa shape index (κ2) is 6.59. The quantitative estimate of drug-likeness (QED) is 0.899. The van der Waals surface area contributed by atoms with Crippen LogP contribution < -0.4 is 14.8 Å². The van der Waals surface area contributed by atoms with Crippen LogP contribution in [0.4, 0.5) is 0 Å². The maximum absolute atomic E-state index is 5.36. The molecule has 5 heteroatoms. The Labute approximate surface area is 123 Å². The molecular weight excluding hydrogens is 308 g/mol. The highest BCUT2D eigenvalue weighted by Gasteiger charge is 2.20. The van der Waals surface area contributed by atoms with Crippen molar-refractivity contribution in [3.8, 4) is 11.5 Å². The van der Waals surface area contributed by atoms with Crippen molar-refractivity contribution >= 4 is 15.9 Å². The number of rotatable bonds is 5. The van der Waals surface area contributed by atoms with E-state index in [0.29, 0.717) is 6.04 Å². The molecule has 0 radical (unpaired) electrons. The largest absolute Gasteiger partial charge is 0.493 e. The molecule has 1 unspecified atom stereocenters. The van der Waals surface area contributed by atoms with Crippen molar-refractivity contribution in [3.05, 3.63) is 22.2 Å². The van der Waals surface area contributed by atoms with E-state index in [1.807, 2.05) is 12.1 Å². The van der Waals surface area contributed by atoms with Crippen LogP contribution in [0.3, 0.4) is 0 Å². The van der Waals surface area contributed by atoms with Crippen molar-refractivity contribution < 1.29 is 9.47 Å². The van der Waals surface area contributed by atoms with Gasteiger partial charge >= 0.3 is 0 Å². The minimum Gasteiger partial charge on any atom is -0.493 e. The number of likely N-dealkylation sites (N-methyl/N-ethyl adjacent to an activating group) is 1. The molecule has 19 heavy (non-hydrogen) atoms. The normalized spacial score (nSPS) is 18.9. The fourth-order valence-electron chi connectivity index (χ4n) is 2.43. The van der Waals surface area contributed by atoms with Gasteiger partial charge in [-0.05, 0) is 37.7 Å². The van der Waals surface area contributed by atoms with E-state index in [4.69, 9.17) is 9.47 Å². The first-order valence-electron chi connectivity index (χ1n) is 6.47. The molecule has 1 saturated heterocycles. The van der Waals surface area contributed by atoms with Crippen LogP contribution in [0, 0.1) is 0 Å². The average Bonchev–Trinajstić information content (AvgIpc) is 2.94. The molecule has 1 heterocycles. The first-order chi connectivity index (χ1) is 9.15. The number of hydrogen-bond donors (Lipinski definition) is 1. The van der Waals surface area contributed by atoms with Crippen LogP contribution in [0.5, 0.6) is 11.5 Å². The van der Waals surface area contributed by atoms with Crippen LogP contribution in [0.15, 0.2) is 16.6 Å². The Morgan fingerprint density at radius 3 is 2.58 bits per heavy atom. The zero-order valence-corrected chi connectivity index (χ0v) is 13.3. The van der Waals surface area contributed by atoms with Gasteiger partial charge in [0.1, 0.15) is 0 Å². The summed E-state index contributed by atoms with van der Waals surface area (Å²) in [5, 5.41) is 3.40. The van der Waals surface area contributed by atoms with Crippen molar-refractivity contribution in [2.45, 2.75) is 19.0 Å². The smallest absolute Gasteiger partial charge is 0.161 e. The molecule has 1 fully saturated rings. The number of methoxy groups -OCH3 is 2. The second-order valence-corrected chi connectivity index (χ2v) is 5.71. The maximum Gasteiger partial charge on any atom is 0.161 e. The van der Waals surface area contributed by atoms with Gasteiger partial charge in [0, 0.05) is 23.6 Å². The van der Waals surface area contributed by atoms with Gasteiger partial charge in [0.05, 0.1) is 14.2 Å². The summed E-state index contributed by atoms with van der Waals surface area (Å²) in [5.74, 6) is 1.53.